The standard InChI is InChI=1S/C21H23FN4O/c1-15-20(26-14-17(22)7-8-19(26)23-15)21(27)24-18-9-11-25(12-10-18)13-16-5-3-2-4-6-16/h2-8,14,18H,9-13H2,1H3,(H,24,27). The van der Waals surface area contributed by atoms with Crippen LogP contribution in [0.3, 0.4) is 0 Å². The third-order valence-corrected chi connectivity index (χ3v) is 5.14. The van der Waals surface area contributed by atoms with Gasteiger partial charge in [-0.1, -0.05) is 30.3 Å². The van der Waals surface area contributed by atoms with Crippen LogP contribution in [0.5, 0.6) is 0 Å². The highest BCUT2D eigenvalue weighted by Crippen LogP contribution is 2.17. The smallest absolute Gasteiger partial charge is 0.270 e. The minimum Gasteiger partial charge on any atom is -0.348 e. The molecular formula is C21H23FN4O. The molecule has 1 fully saturated rings. The summed E-state index contributed by atoms with van der Waals surface area (Å²) in [7, 11) is 0. The highest BCUT2D eigenvalue weighted by molar-refractivity contribution is 5.94. The fourth-order valence-electron chi connectivity index (χ4n) is 3.74. The Balaban J connectivity index is 1.39. The van der Waals surface area contributed by atoms with Crippen molar-refractivity contribution in [2.75, 3.05) is 13.1 Å². The number of hydrogen-bond donors (Lipinski definition) is 1. The van der Waals surface area contributed by atoms with Crippen LogP contribution in [0.4, 0.5) is 4.39 Å². The van der Waals surface area contributed by atoms with Gasteiger partial charge in [0.05, 0.1) is 5.69 Å². The maximum absolute atomic E-state index is 13.6. The van der Waals surface area contributed by atoms with Gasteiger partial charge in [-0.25, -0.2) is 9.37 Å². The number of piperidine rings is 1. The summed E-state index contributed by atoms with van der Waals surface area (Å²) in [6.45, 7) is 4.61. The third kappa shape index (κ3) is 3.85. The van der Waals surface area contributed by atoms with E-state index in [-0.39, 0.29) is 17.8 Å². The number of aryl methyl sites for hydroxylation is 1. The van der Waals surface area contributed by atoms with E-state index in [0.717, 1.165) is 32.5 Å². The second-order valence-corrected chi connectivity index (χ2v) is 7.13. The second kappa shape index (κ2) is 7.48. The molecule has 1 aromatic carbocycles. The molecule has 0 bridgehead atoms. The van der Waals surface area contributed by atoms with Crippen molar-refractivity contribution in [3.05, 3.63) is 71.4 Å². The number of hydrogen-bond acceptors (Lipinski definition) is 3. The summed E-state index contributed by atoms with van der Waals surface area (Å²) in [5.74, 6) is -0.574. The lowest BCUT2D eigenvalue weighted by Crippen LogP contribution is -2.44. The first kappa shape index (κ1) is 17.7. The second-order valence-electron chi connectivity index (χ2n) is 7.13. The molecule has 3 heterocycles. The Kier molecular flexibility index (Phi) is 4.90. The number of likely N-dealkylation sites (tertiary alicyclic amines) is 1. The molecule has 5 nitrogen and oxygen atoms in total. The van der Waals surface area contributed by atoms with Crippen LogP contribution in [0.1, 0.15) is 34.6 Å². The molecule has 27 heavy (non-hydrogen) atoms. The highest BCUT2D eigenvalue weighted by Gasteiger charge is 2.24. The van der Waals surface area contributed by atoms with Gasteiger partial charge in [-0.2, -0.15) is 0 Å². The van der Waals surface area contributed by atoms with E-state index >= 15 is 0 Å². The number of pyridine rings is 1. The van der Waals surface area contributed by atoms with Gasteiger partial charge in [-0.05, 0) is 37.5 Å². The molecule has 1 saturated heterocycles. The molecule has 0 radical (unpaired) electrons. The molecule has 1 aliphatic heterocycles. The first-order valence-electron chi connectivity index (χ1n) is 9.31. The summed E-state index contributed by atoms with van der Waals surface area (Å²) >= 11 is 0. The minimum atomic E-state index is -0.386. The third-order valence-electron chi connectivity index (χ3n) is 5.14. The first-order chi connectivity index (χ1) is 13.1. The summed E-state index contributed by atoms with van der Waals surface area (Å²) in [5, 5.41) is 3.11. The fourth-order valence-corrected chi connectivity index (χ4v) is 3.74. The van der Waals surface area contributed by atoms with Gasteiger partial charge in [0.2, 0.25) is 0 Å². The van der Waals surface area contributed by atoms with Crippen LogP contribution in [-0.4, -0.2) is 39.3 Å². The summed E-state index contributed by atoms with van der Waals surface area (Å²) in [6, 6.07) is 13.5. The lowest BCUT2D eigenvalue weighted by Gasteiger charge is -2.32. The van der Waals surface area contributed by atoms with Crippen molar-refractivity contribution in [1.82, 2.24) is 19.6 Å². The Morgan fingerprint density at radius 3 is 2.67 bits per heavy atom. The van der Waals surface area contributed by atoms with Crippen molar-refractivity contribution in [3.63, 3.8) is 0 Å². The lowest BCUT2D eigenvalue weighted by atomic mass is 10.0. The number of amides is 1. The molecule has 1 N–H and O–H groups in total. The lowest BCUT2D eigenvalue weighted by molar-refractivity contribution is 0.0902. The Morgan fingerprint density at radius 1 is 1.19 bits per heavy atom. The van der Waals surface area contributed by atoms with Crippen LogP contribution in [0.2, 0.25) is 0 Å². The number of carbonyl (C=O) groups is 1. The zero-order valence-electron chi connectivity index (χ0n) is 15.4. The maximum atomic E-state index is 13.6. The molecule has 0 spiro atoms. The van der Waals surface area contributed by atoms with Gasteiger partial charge in [0.15, 0.2) is 0 Å². The molecule has 140 valence electrons. The summed E-state index contributed by atoms with van der Waals surface area (Å²) in [6.07, 6.45) is 3.12. The molecule has 3 aromatic rings. The van der Waals surface area contributed by atoms with Crippen LogP contribution < -0.4 is 5.32 Å². The van der Waals surface area contributed by atoms with E-state index < -0.39 is 0 Å². The molecule has 2 aromatic heterocycles. The Morgan fingerprint density at radius 2 is 1.93 bits per heavy atom. The van der Waals surface area contributed by atoms with Crippen LogP contribution in [0, 0.1) is 12.7 Å². The number of benzene rings is 1. The number of imidazole rings is 1. The predicted octanol–water partition coefficient (Wildman–Crippen LogP) is 3.18. The van der Waals surface area contributed by atoms with Crippen molar-refractivity contribution in [2.45, 2.75) is 32.4 Å². The Hall–Kier alpha value is -2.73. The molecule has 0 aliphatic carbocycles. The van der Waals surface area contributed by atoms with E-state index in [1.54, 1.807) is 13.0 Å². The first-order valence-corrected chi connectivity index (χ1v) is 9.31. The van der Waals surface area contributed by atoms with Crippen LogP contribution in [0.15, 0.2) is 48.7 Å². The Bertz CT molecular complexity index is 945. The van der Waals surface area contributed by atoms with Crippen LogP contribution in [0.25, 0.3) is 5.65 Å². The van der Waals surface area contributed by atoms with Crippen molar-refractivity contribution in [3.8, 4) is 0 Å². The number of rotatable bonds is 4. The molecule has 0 unspecified atom stereocenters. The molecule has 1 aliphatic rings. The normalized spacial score (nSPS) is 15.9. The largest absolute Gasteiger partial charge is 0.348 e. The van der Waals surface area contributed by atoms with E-state index in [4.69, 9.17) is 0 Å². The monoisotopic (exact) mass is 366 g/mol. The molecule has 0 atom stereocenters. The highest BCUT2D eigenvalue weighted by atomic mass is 19.1. The van der Waals surface area contributed by atoms with E-state index in [1.165, 1.54) is 22.2 Å². The van der Waals surface area contributed by atoms with Crippen LogP contribution in [-0.2, 0) is 6.54 Å². The zero-order valence-corrected chi connectivity index (χ0v) is 15.4. The van der Waals surface area contributed by atoms with E-state index in [9.17, 15) is 9.18 Å². The minimum absolute atomic E-state index is 0.128. The van der Waals surface area contributed by atoms with Gasteiger partial charge >= 0.3 is 0 Å². The van der Waals surface area contributed by atoms with Gasteiger partial charge in [0.25, 0.3) is 5.91 Å². The molecule has 0 saturated carbocycles. The van der Waals surface area contributed by atoms with E-state index in [2.05, 4.69) is 39.5 Å². The van der Waals surface area contributed by atoms with Gasteiger partial charge < -0.3 is 5.32 Å². The number of fused-ring (bicyclic) bond motifs is 1. The summed E-state index contributed by atoms with van der Waals surface area (Å²) < 4.78 is 15.1. The van der Waals surface area contributed by atoms with Gasteiger partial charge in [-0.15, -0.1) is 0 Å². The SMILES string of the molecule is Cc1nc2ccc(F)cn2c1C(=O)NC1CCN(Cc2ccccc2)CC1. The summed E-state index contributed by atoms with van der Waals surface area (Å²) in [4.78, 5) is 19.5. The number of carbonyl (C=O) groups excluding carboxylic acids is 1. The Labute approximate surface area is 157 Å². The van der Waals surface area contributed by atoms with E-state index in [1.807, 2.05) is 6.07 Å². The summed E-state index contributed by atoms with van der Waals surface area (Å²) in [5.41, 5.74) is 2.91. The van der Waals surface area contributed by atoms with Gasteiger partial charge in [0.1, 0.15) is 17.2 Å². The van der Waals surface area contributed by atoms with Gasteiger partial charge in [0, 0.05) is 31.9 Å². The number of nitrogens with one attached hydrogen (secondary N) is 1. The molecule has 4 rings (SSSR count). The van der Waals surface area contributed by atoms with Gasteiger partial charge in [-0.3, -0.25) is 14.1 Å². The average molecular weight is 366 g/mol. The molecule has 6 heteroatoms. The topological polar surface area (TPSA) is 49.6 Å². The van der Waals surface area contributed by atoms with Crippen molar-refractivity contribution in [2.24, 2.45) is 0 Å². The maximum Gasteiger partial charge on any atom is 0.270 e. The fraction of sp³-hybridized carbons (Fsp3) is 0.333. The zero-order chi connectivity index (χ0) is 18.8. The number of halogens is 1. The van der Waals surface area contributed by atoms with Crippen molar-refractivity contribution >= 4 is 11.6 Å². The van der Waals surface area contributed by atoms with Crippen LogP contribution >= 0.6 is 0 Å². The predicted molar refractivity (Wildman–Crippen MR) is 102 cm³/mol. The average Bonchev–Trinajstić information content (AvgIpc) is 2.99. The number of nitrogens with zero attached hydrogens (tertiary/aromatic N) is 3. The van der Waals surface area contributed by atoms with Crippen molar-refractivity contribution < 1.29 is 9.18 Å². The molecule has 1 amide bonds. The number of aromatic nitrogens is 2. The molecular weight excluding hydrogens is 343 g/mol. The van der Waals surface area contributed by atoms with E-state index in [0.29, 0.717) is 17.0 Å². The quantitative estimate of drug-likeness (QED) is 0.772. The van der Waals surface area contributed by atoms with Crippen molar-refractivity contribution in [1.29, 1.82) is 0 Å².